The normalized spacial score (nSPS) is 10.9. The molecule has 5 rings (SSSR count). The molecule has 1 N–H and O–H groups in total. The van der Waals surface area contributed by atoms with Crippen LogP contribution in [0.3, 0.4) is 0 Å². The molecule has 0 aliphatic heterocycles. The number of aromatic nitrogens is 2. The Kier molecular flexibility index (Phi) is 7.75. The van der Waals surface area contributed by atoms with Gasteiger partial charge in [0.15, 0.2) is 0 Å². The van der Waals surface area contributed by atoms with E-state index in [1.807, 2.05) is 48.5 Å². The number of methoxy groups -OCH3 is 1. The zero-order valence-corrected chi connectivity index (χ0v) is 22.5. The lowest BCUT2D eigenvalue weighted by atomic mass is 10.0. The van der Waals surface area contributed by atoms with Gasteiger partial charge in [0, 0.05) is 28.3 Å². The van der Waals surface area contributed by atoms with Crippen LogP contribution in [-0.4, -0.2) is 22.6 Å². The second-order valence-electron chi connectivity index (χ2n) is 9.26. The Bertz CT molecular complexity index is 1690. The second-order valence-corrected chi connectivity index (χ2v) is 9.70. The Morgan fingerprint density at radius 3 is 2.44 bits per heavy atom. The number of para-hydroxylation sites is 1. The summed E-state index contributed by atoms with van der Waals surface area (Å²) in [5.41, 5.74) is 4.50. The average Bonchev–Trinajstić information content (AvgIpc) is 2.96. The van der Waals surface area contributed by atoms with Gasteiger partial charge in [0.2, 0.25) is 0 Å². The van der Waals surface area contributed by atoms with E-state index < -0.39 is 0 Å². The first-order valence-electron chi connectivity index (χ1n) is 12.8. The fraction of sp³-hybridized carbons (Fsp3) is 0.156. The third kappa shape index (κ3) is 5.71. The fourth-order valence-electron chi connectivity index (χ4n) is 4.58. The summed E-state index contributed by atoms with van der Waals surface area (Å²) in [5, 5.41) is 3.88. The number of amides is 1. The first-order chi connectivity index (χ1) is 19.0. The van der Waals surface area contributed by atoms with Crippen molar-refractivity contribution in [2.75, 3.05) is 12.4 Å². The lowest BCUT2D eigenvalue weighted by Gasteiger charge is -2.15. The molecule has 0 bridgehead atoms. The molecule has 0 radical (unpaired) electrons. The smallest absolute Gasteiger partial charge is 0.261 e. The molecule has 1 amide bonds. The van der Waals surface area contributed by atoms with E-state index in [1.165, 1.54) is 0 Å². The van der Waals surface area contributed by atoms with Crippen LogP contribution in [0.25, 0.3) is 22.0 Å². The first kappa shape index (κ1) is 26.2. The lowest BCUT2D eigenvalue weighted by molar-refractivity contribution is 0.102. The molecule has 5 aromatic rings. The molecule has 7 heteroatoms. The minimum atomic E-state index is -0.281. The van der Waals surface area contributed by atoms with Crippen molar-refractivity contribution >= 4 is 34.1 Å². The Balaban J connectivity index is 1.46. The van der Waals surface area contributed by atoms with Gasteiger partial charge >= 0.3 is 0 Å². The average molecular weight is 538 g/mol. The summed E-state index contributed by atoms with van der Waals surface area (Å²) < 4.78 is 7.23. The molecule has 0 atom stereocenters. The van der Waals surface area contributed by atoms with E-state index in [2.05, 4.69) is 12.2 Å². The number of fused-ring (bicyclic) bond motifs is 1. The summed E-state index contributed by atoms with van der Waals surface area (Å²) in [7, 11) is 1.66. The molecule has 0 aliphatic rings. The Morgan fingerprint density at radius 1 is 0.974 bits per heavy atom. The van der Waals surface area contributed by atoms with Crippen LogP contribution in [-0.2, 0) is 13.0 Å². The van der Waals surface area contributed by atoms with E-state index >= 15 is 0 Å². The van der Waals surface area contributed by atoms with Crippen molar-refractivity contribution in [1.82, 2.24) is 9.55 Å². The number of nitrogens with one attached hydrogen (secondary N) is 1. The molecule has 0 spiro atoms. The van der Waals surface area contributed by atoms with Crippen LogP contribution < -0.4 is 15.6 Å². The molecular weight excluding hydrogens is 510 g/mol. The van der Waals surface area contributed by atoms with Crippen molar-refractivity contribution in [2.24, 2.45) is 0 Å². The van der Waals surface area contributed by atoms with Gasteiger partial charge in [-0.2, -0.15) is 0 Å². The summed E-state index contributed by atoms with van der Waals surface area (Å²) in [6.07, 6.45) is 1.54. The molecule has 4 aromatic carbocycles. The SMILES string of the molecule is CCCc1nc2ccc(NC(=O)c3ccc(Cl)cc3)cc2c(=O)n1Cc1ccc(-c2ccccc2OC)cc1. The maximum Gasteiger partial charge on any atom is 0.261 e. The van der Waals surface area contributed by atoms with Crippen LogP contribution in [0.4, 0.5) is 5.69 Å². The van der Waals surface area contributed by atoms with Crippen molar-refractivity contribution in [3.63, 3.8) is 0 Å². The minimum Gasteiger partial charge on any atom is -0.496 e. The third-order valence-corrected chi connectivity index (χ3v) is 6.84. The van der Waals surface area contributed by atoms with E-state index in [0.29, 0.717) is 40.1 Å². The highest BCUT2D eigenvalue weighted by molar-refractivity contribution is 6.30. The van der Waals surface area contributed by atoms with Crippen LogP contribution in [0.2, 0.25) is 5.02 Å². The van der Waals surface area contributed by atoms with Crippen LogP contribution in [0.5, 0.6) is 5.75 Å². The zero-order chi connectivity index (χ0) is 27.4. The summed E-state index contributed by atoms with van der Waals surface area (Å²) in [6.45, 7) is 2.46. The quantitative estimate of drug-likeness (QED) is 0.232. The number of rotatable bonds is 8. The van der Waals surface area contributed by atoms with E-state index in [1.54, 1.807) is 54.1 Å². The number of ether oxygens (including phenoxy) is 1. The summed E-state index contributed by atoms with van der Waals surface area (Å²) in [5.74, 6) is 1.27. The molecule has 1 heterocycles. The number of anilines is 1. The van der Waals surface area contributed by atoms with Crippen LogP contribution >= 0.6 is 11.6 Å². The molecule has 39 heavy (non-hydrogen) atoms. The highest BCUT2D eigenvalue weighted by Gasteiger charge is 2.14. The summed E-state index contributed by atoms with van der Waals surface area (Å²) in [6, 6.07) is 27.9. The fourth-order valence-corrected chi connectivity index (χ4v) is 4.71. The maximum atomic E-state index is 13.7. The van der Waals surface area contributed by atoms with Gasteiger partial charge in [-0.05, 0) is 66.1 Å². The Hall–Kier alpha value is -4.42. The molecule has 6 nitrogen and oxygen atoms in total. The van der Waals surface area contributed by atoms with Crippen molar-refractivity contribution in [2.45, 2.75) is 26.3 Å². The summed E-state index contributed by atoms with van der Waals surface area (Å²) in [4.78, 5) is 31.2. The third-order valence-electron chi connectivity index (χ3n) is 6.58. The van der Waals surface area contributed by atoms with E-state index in [0.717, 1.165) is 34.7 Å². The highest BCUT2D eigenvalue weighted by Crippen LogP contribution is 2.29. The maximum absolute atomic E-state index is 13.7. The van der Waals surface area contributed by atoms with Crippen molar-refractivity contribution in [1.29, 1.82) is 0 Å². The molecule has 0 unspecified atom stereocenters. The van der Waals surface area contributed by atoms with Gasteiger partial charge in [-0.15, -0.1) is 0 Å². The highest BCUT2D eigenvalue weighted by atomic mass is 35.5. The van der Waals surface area contributed by atoms with E-state index in [4.69, 9.17) is 21.3 Å². The van der Waals surface area contributed by atoms with Gasteiger partial charge < -0.3 is 10.1 Å². The molecule has 1 aromatic heterocycles. The lowest BCUT2D eigenvalue weighted by Crippen LogP contribution is -2.26. The topological polar surface area (TPSA) is 73.2 Å². The van der Waals surface area contributed by atoms with Gasteiger partial charge in [0.25, 0.3) is 11.5 Å². The Morgan fingerprint density at radius 2 is 1.72 bits per heavy atom. The number of benzene rings is 4. The number of hydrogen-bond donors (Lipinski definition) is 1. The predicted octanol–water partition coefficient (Wildman–Crippen LogP) is 6.98. The van der Waals surface area contributed by atoms with Crippen LogP contribution in [0.1, 0.15) is 35.1 Å². The van der Waals surface area contributed by atoms with Crippen LogP contribution in [0, 0.1) is 0 Å². The molecule has 0 saturated carbocycles. The summed E-state index contributed by atoms with van der Waals surface area (Å²) >= 11 is 5.93. The van der Waals surface area contributed by atoms with E-state index in [9.17, 15) is 9.59 Å². The number of nitrogens with zero attached hydrogens (tertiary/aromatic N) is 2. The first-order valence-corrected chi connectivity index (χ1v) is 13.2. The molecule has 0 fully saturated rings. The second kappa shape index (κ2) is 11.5. The predicted molar refractivity (Wildman–Crippen MR) is 157 cm³/mol. The number of aryl methyl sites for hydroxylation is 1. The number of hydrogen-bond acceptors (Lipinski definition) is 4. The standard InChI is InChI=1S/C32H28ClN3O3/c1-3-6-30-35-28-18-17-25(34-31(37)23-13-15-24(33)16-14-23)19-27(28)32(38)36(30)20-21-9-11-22(12-10-21)26-7-4-5-8-29(26)39-2/h4-5,7-19H,3,6,20H2,1-2H3,(H,34,37). The molecular formula is C32H28ClN3O3. The number of carbonyl (C=O) groups excluding carboxylic acids is 1. The van der Waals surface area contributed by atoms with E-state index in [-0.39, 0.29) is 11.5 Å². The van der Waals surface area contributed by atoms with Gasteiger partial charge in [-0.1, -0.05) is 61.0 Å². The largest absolute Gasteiger partial charge is 0.496 e. The number of halogens is 1. The number of carbonyl (C=O) groups is 1. The molecule has 0 saturated heterocycles. The molecule has 0 aliphatic carbocycles. The van der Waals surface area contributed by atoms with Crippen molar-refractivity contribution in [3.8, 4) is 16.9 Å². The van der Waals surface area contributed by atoms with Gasteiger partial charge in [0.05, 0.1) is 24.6 Å². The Labute approximate surface area is 231 Å². The van der Waals surface area contributed by atoms with Crippen LogP contribution in [0.15, 0.2) is 95.8 Å². The molecule has 196 valence electrons. The van der Waals surface area contributed by atoms with Gasteiger partial charge in [-0.3, -0.25) is 14.2 Å². The zero-order valence-electron chi connectivity index (χ0n) is 21.8. The van der Waals surface area contributed by atoms with Crippen molar-refractivity contribution in [3.05, 3.63) is 123 Å². The minimum absolute atomic E-state index is 0.139. The van der Waals surface area contributed by atoms with Gasteiger partial charge in [-0.25, -0.2) is 4.98 Å². The monoisotopic (exact) mass is 537 g/mol. The van der Waals surface area contributed by atoms with Gasteiger partial charge in [0.1, 0.15) is 11.6 Å². The van der Waals surface area contributed by atoms with Crippen molar-refractivity contribution < 1.29 is 9.53 Å².